The standard InChI is InChI=1S/C24H20F5N5O2S/c25-37(26,27,28,29)18-9-7-16(8-10-18)23(11-12-23)34-21(36)19-15-20(35)33-24(32-19,17-5-2-1-3-6-17)22-30-13-4-14-31-22/h1-10,13-15,32H,11-12H2,(H,33,35)(H,34,36). The zero-order chi connectivity index (χ0) is 26.6. The minimum Gasteiger partial charge on any atom is -0.348 e. The number of nitrogens with one attached hydrogen (secondary N) is 3. The molecule has 5 rings (SSSR count). The monoisotopic (exact) mass is 537 g/mol. The molecule has 1 aliphatic carbocycles. The molecule has 0 radical (unpaired) electrons. The number of halogens is 5. The number of benzene rings is 2. The normalized spacial score (nSPS) is 22.4. The molecule has 13 heteroatoms. The van der Waals surface area contributed by atoms with Crippen molar-refractivity contribution in [2.45, 2.75) is 28.9 Å². The number of carbonyl (C=O) groups is 2. The van der Waals surface area contributed by atoms with E-state index in [-0.39, 0.29) is 17.1 Å². The van der Waals surface area contributed by atoms with Crippen LogP contribution in [0.15, 0.2) is 89.7 Å². The van der Waals surface area contributed by atoms with Gasteiger partial charge in [0.25, 0.3) is 5.91 Å². The van der Waals surface area contributed by atoms with Gasteiger partial charge in [-0.05, 0) is 36.6 Å². The molecule has 0 spiro atoms. The lowest BCUT2D eigenvalue weighted by Crippen LogP contribution is -2.61. The molecule has 1 unspecified atom stereocenters. The highest BCUT2D eigenvalue weighted by Gasteiger charge is 2.65. The van der Waals surface area contributed by atoms with Gasteiger partial charge in [-0.1, -0.05) is 61.9 Å². The minimum absolute atomic E-state index is 0.130. The van der Waals surface area contributed by atoms with Crippen LogP contribution in [-0.4, -0.2) is 21.8 Å². The molecule has 2 heterocycles. The summed E-state index contributed by atoms with van der Waals surface area (Å²) in [5, 5.41) is 8.54. The van der Waals surface area contributed by atoms with E-state index < -0.39 is 38.1 Å². The molecule has 0 bridgehead atoms. The summed E-state index contributed by atoms with van der Waals surface area (Å²) in [4.78, 5) is 32.5. The van der Waals surface area contributed by atoms with Crippen LogP contribution in [0.3, 0.4) is 0 Å². The van der Waals surface area contributed by atoms with Gasteiger partial charge in [0.1, 0.15) is 10.6 Å². The maximum atomic E-state index is 13.3. The van der Waals surface area contributed by atoms with Gasteiger partial charge in [-0.25, -0.2) is 9.97 Å². The first-order valence-corrected chi connectivity index (χ1v) is 13.0. The van der Waals surface area contributed by atoms with Crippen molar-refractivity contribution in [3.05, 3.63) is 102 Å². The first-order valence-electron chi connectivity index (χ1n) is 11.0. The number of amides is 2. The van der Waals surface area contributed by atoms with E-state index in [2.05, 4.69) is 25.9 Å². The van der Waals surface area contributed by atoms with Crippen LogP contribution in [-0.2, 0) is 20.8 Å². The largest absolute Gasteiger partial charge is 0.348 e. The van der Waals surface area contributed by atoms with Crippen LogP contribution in [0, 0.1) is 0 Å². The lowest BCUT2D eigenvalue weighted by atomic mass is 9.95. The summed E-state index contributed by atoms with van der Waals surface area (Å²) in [6.07, 6.45) is 4.76. The van der Waals surface area contributed by atoms with Crippen molar-refractivity contribution in [3.63, 3.8) is 0 Å². The summed E-state index contributed by atoms with van der Waals surface area (Å²) < 4.78 is 65.5. The average Bonchev–Trinajstić information content (AvgIpc) is 3.64. The van der Waals surface area contributed by atoms with E-state index in [0.717, 1.165) is 18.2 Å². The van der Waals surface area contributed by atoms with Crippen molar-refractivity contribution in [3.8, 4) is 0 Å². The van der Waals surface area contributed by atoms with Gasteiger partial charge >= 0.3 is 10.2 Å². The Bertz CT molecular complexity index is 1370. The van der Waals surface area contributed by atoms with E-state index in [1.54, 1.807) is 36.4 Å². The highest BCUT2D eigenvalue weighted by atomic mass is 32.5. The van der Waals surface area contributed by atoms with Crippen molar-refractivity contribution in [1.82, 2.24) is 25.9 Å². The van der Waals surface area contributed by atoms with Crippen LogP contribution in [0.1, 0.15) is 29.8 Å². The van der Waals surface area contributed by atoms with Crippen LogP contribution in [0.25, 0.3) is 0 Å². The molecule has 194 valence electrons. The summed E-state index contributed by atoms with van der Waals surface area (Å²) in [7, 11) is -9.82. The number of hydrogen-bond donors (Lipinski definition) is 3. The average molecular weight is 538 g/mol. The Kier molecular flexibility index (Phi) is 5.01. The van der Waals surface area contributed by atoms with Gasteiger partial charge in [-0.3, -0.25) is 9.59 Å². The van der Waals surface area contributed by atoms with E-state index >= 15 is 0 Å². The zero-order valence-corrected chi connectivity index (χ0v) is 19.7. The fourth-order valence-corrected chi connectivity index (χ4v) is 4.89. The molecule has 1 saturated carbocycles. The van der Waals surface area contributed by atoms with E-state index in [1.165, 1.54) is 12.4 Å². The Balaban J connectivity index is 1.44. The van der Waals surface area contributed by atoms with Crippen molar-refractivity contribution in [1.29, 1.82) is 0 Å². The molecule has 2 aromatic carbocycles. The Hall–Kier alpha value is -4.00. The highest BCUT2D eigenvalue weighted by Crippen LogP contribution is 3.02. The van der Waals surface area contributed by atoms with Gasteiger partial charge in [-0.2, -0.15) is 0 Å². The van der Waals surface area contributed by atoms with Gasteiger partial charge < -0.3 is 16.0 Å². The SMILES string of the molecule is O=C1C=C(C(=O)NC2(c3ccc(S(F)(F)(F)(F)F)cc3)CC2)NC(c2ccccc2)(c2ncccn2)N1. The molecule has 2 aliphatic rings. The van der Waals surface area contributed by atoms with E-state index in [4.69, 9.17) is 0 Å². The predicted octanol–water partition coefficient (Wildman–Crippen LogP) is 4.74. The second-order valence-electron chi connectivity index (χ2n) is 8.89. The second-order valence-corrected chi connectivity index (χ2v) is 11.3. The molecule has 37 heavy (non-hydrogen) atoms. The maximum Gasteiger partial charge on any atom is 0.310 e. The number of aromatic nitrogens is 2. The summed E-state index contributed by atoms with van der Waals surface area (Å²) in [6, 6.07) is 12.8. The summed E-state index contributed by atoms with van der Waals surface area (Å²) >= 11 is 0. The number of carbonyl (C=O) groups excluding carboxylic acids is 2. The fourth-order valence-electron chi connectivity index (χ4n) is 4.24. The third-order valence-corrected chi connectivity index (χ3v) is 7.38. The smallest absolute Gasteiger partial charge is 0.310 e. The Morgan fingerprint density at radius 2 is 1.46 bits per heavy atom. The molecular formula is C24H20F5N5O2S. The summed E-state index contributed by atoms with van der Waals surface area (Å²) in [5.74, 6) is -1.15. The Morgan fingerprint density at radius 1 is 0.838 bits per heavy atom. The van der Waals surface area contributed by atoms with Crippen LogP contribution >= 0.6 is 10.2 Å². The highest BCUT2D eigenvalue weighted by molar-refractivity contribution is 8.45. The molecule has 1 aliphatic heterocycles. The predicted molar refractivity (Wildman–Crippen MR) is 126 cm³/mol. The van der Waals surface area contributed by atoms with E-state index in [0.29, 0.717) is 30.5 Å². The second kappa shape index (κ2) is 7.51. The zero-order valence-electron chi connectivity index (χ0n) is 18.9. The van der Waals surface area contributed by atoms with Gasteiger partial charge in [0, 0.05) is 24.0 Å². The molecule has 7 nitrogen and oxygen atoms in total. The first-order chi connectivity index (χ1) is 17.2. The molecule has 0 saturated heterocycles. The molecular weight excluding hydrogens is 517 g/mol. The quantitative estimate of drug-likeness (QED) is 0.395. The van der Waals surface area contributed by atoms with Crippen molar-refractivity contribution < 1.29 is 29.0 Å². The topological polar surface area (TPSA) is 96.0 Å². The minimum atomic E-state index is -9.82. The van der Waals surface area contributed by atoms with Crippen molar-refractivity contribution >= 4 is 22.0 Å². The van der Waals surface area contributed by atoms with Crippen LogP contribution in [0.5, 0.6) is 0 Å². The van der Waals surface area contributed by atoms with Crippen molar-refractivity contribution in [2.24, 2.45) is 0 Å². The lowest BCUT2D eigenvalue weighted by molar-refractivity contribution is -0.123. The van der Waals surface area contributed by atoms with Crippen LogP contribution in [0.4, 0.5) is 19.4 Å². The van der Waals surface area contributed by atoms with E-state index in [1.807, 2.05) is 0 Å². The molecule has 2 amide bonds. The Morgan fingerprint density at radius 3 is 2.03 bits per heavy atom. The molecule has 3 aromatic rings. The molecule has 3 N–H and O–H groups in total. The number of rotatable bonds is 6. The van der Waals surface area contributed by atoms with Gasteiger partial charge in [0.2, 0.25) is 5.91 Å². The van der Waals surface area contributed by atoms with Gasteiger partial charge in [0.05, 0.1) is 5.54 Å². The maximum absolute atomic E-state index is 13.3. The lowest BCUT2D eigenvalue weighted by Gasteiger charge is -2.40. The molecule has 1 aromatic heterocycles. The number of nitrogens with zero attached hydrogens (tertiary/aromatic N) is 2. The molecule has 1 fully saturated rings. The third-order valence-electron chi connectivity index (χ3n) is 6.22. The van der Waals surface area contributed by atoms with Crippen LogP contribution in [0.2, 0.25) is 0 Å². The fraction of sp³-hybridized carbons (Fsp3) is 0.167. The van der Waals surface area contributed by atoms with E-state index in [9.17, 15) is 29.0 Å². The summed E-state index contributed by atoms with van der Waals surface area (Å²) in [5.41, 5.74) is -1.88. The van der Waals surface area contributed by atoms with Gasteiger partial charge in [-0.15, -0.1) is 0 Å². The number of hydrogen-bond acceptors (Lipinski definition) is 5. The Labute approximate surface area is 207 Å². The van der Waals surface area contributed by atoms with Crippen molar-refractivity contribution in [2.75, 3.05) is 0 Å². The summed E-state index contributed by atoms with van der Waals surface area (Å²) in [6.45, 7) is 0. The van der Waals surface area contributed by atoms with Crippen LogP contribution < -0.4 is 16.0 Å². The third kappa shape index (κ3) is 4.73. The van der Waals surface area contributed by atoms with Gasteiger partial charge in [0.15, 0.2) is 11.5 Å². The molecule has 1 atom stereocenters. The first kappa shape index (κ1) is 24.7.